The zero-order valence-corrected chi connectivity index (χ0v) is 11.5. The average Bonchev–Trinajstić information content (AvgIpc) is 2.21. The highest BCUT2D eigenvalue weighted by molar-refractivity contribution is 6.48. The summed E-state index contributed by atoms with van der Waals surface area (Å²) in [5.41, 5.74) is 15.7. The third-order valence-corrected chi connectivity index (χ3v) is 1.94. The number of halogens is 3. The van der Waals surface area contributed by atoms with E-state index in [2.05, 4.69) is 4.99 Å². The number of hydrogen-bond acceptors (Lipinski definition) is 4. The Morgan fingerprint density at radius 3 is 2.18 bits per heavy atom. The summed E-state index contributed by atoms with van der Waals surface area (Å²) >= 11 is 5.21. The van der Waals surface area contributed by atoms with Gasteiger partial charge in [0.1, 0.15) is 0 Å². The van der Waals surface area contributed by atoms with Crippen molar-refractivity contribution >= 4 is 53.9 Å². The molecule has 0 saturated heterocycles. The van der Waals surface area contributed by atoms with Crippen LogP contribution in [0.25, 0.3) is 0 Å². The van der Waals surface area contributed by atoms with Gasteiger partial charge in [-0.2, -0.15) is 0 Å². The van der Waals surface area contributed by atoms with E-state index in [1.165, 1.54) is 0 Å². The highest BCUT2D eigenvalue weighted by Crippen LogP contribution is 1.98. The monoisotopic (exact) mass is 306 g/mol. The first kappa shape index (κ1) is 21.7. The van der Waals surface area contributed by atoms with Gasteiger partial charge in [-0.25, -0.2) is 0 Å². The van der Waals surface area contributed by atoms with Crippen molar-refractivity contribution in [2.24, 2.45) is 22.2 Å². The lowest BCUT2D eigenvalue weighted by Gasteiger charge is -2.07. The third kappa shape index (κ3) is 10.3. The van der Waals surface area contributed by atoms with Gasteiger partial charge in [0.25, 0.3) is 0 Å². The maximum absolute atomic E-state index is 11.2. The predicted molar refractivity (Wildman–Crippen MR) is 73.1 cm³/mol. The Morgan fingerprint density at radius 2 is 1.76 bits per heavy atom. The molecular weight excluding hydrogens is 290 g/mol. The number of carbonyl (C=O) groups excluding carboxylic acids is 2. The normalized spacial score (nSPS) is 10.5. The minimum Gasteiger partial charge on any atom is -0.370 e. The van der Waals surface area contributed by atoms with Gasteiger partial charge in [-0.1, -0.05) is 0 Å². The number of hydrogen-bond donors (Lipinski definition) is 3. The smallest absolute Gasteiger partial charge is 0.216 e. The minimum absolute atomic E-state index is 0. The van der Waals surface area contributed by atoms with Crippen LogP contribution in [0.4, 0.5) is 0 Å². The van der Waals surface area contributed by atoms with Gasteiger partial charge >= 0.3 is 0 Å². The molecule has 102 valence electrons. The lowest BCUT2D eigenvalue weighted by atomic mass is 10.1. The van der Waals surface area contributed by atoms with Crippen LogP contribution in [0.5, 0.6) is 0 Å². The molecule has 0 heterocycles. The van der Waals surface area contributed by atoms with Crippen LogP contribution in [0.1, 0.15) is 12.8 Å². The number of guanidine groups is 1. The molecule has 9 heteroatoms. The number of alkyl halides is 1. The Kier molecular flexibility index (Phi) is 15.2. The van der Waals surface area contributed by atoms with Gasteiger partial charge in [0.2, 0.25) is 11.6 Å². The van der Waals surface area contributed by atoms with Crippen molar-refractivity contribution in [3.8, 4) is 0 Å². The number of rotatable bonds is 7. The summed E-state index contributed by atoms with van der Waals surface area (Å²) in [5.74, 6) is -1.65. The number of Topliss-reactive ketones (excluding diaryl/α,β-unsaturated/α-hetero) is 2. The molecule has 0 aromatic carbocycles. The third-order valence-electron chi connectivity index (χ3n) is 1.70. The van der Waals surface area contributed by atoms with Gasteiger partial charge in [-0.15, -0.1) is 36.4 Å². The zero-order valence-electron chi connectivity index (χ0n) is 9.10. The van der Waals surface area contributed by atoms with Crippen LogP contribution in [-0.4, -0.2) is 36.0 Å². The molecule has 6 N–H and O–H groups in total. The summed E-state index contributed by atoms with van der Waals surface area (Å²) in [6.07, 6.45) is 0.901. The largest absolute Gasteiger partial charge is 0.370 e. The van der Waals surface area contributed by atoms with Gasteiger partial charge < -0.3 is 17.2 Å². The quantitative estimate of drug-likeness (QED) is 0.194. The maximum Gasteiger partial charge on any atom is 0.216 e. The Morgan fingerprint density at radius 1 is 1.24 bits per heavy atom. The fourth-order valence-electron chi connectivity index (χ4n) is 0.923. The number of carbonyl (C=O) groups is 2. The van der Waals surface area contributed by atoms with E-state index in [0.29, 0.717) is 19.4 Å². The molecule has 1 atom stereocenters. The van der Waals surface area contributed by atoms with Crippen LogP contribution in [0, 0.1) is 0 Å². The molecule has 0 bridgehead atoms. The SMILES string of the molecule is Cl.Cl.NC(N)=NCCC[C@H](N)C(=O)C(=O)CCl. The molecule has 0 spiro atoms. The van der Waals surface area contributed by atoms with E-state index in [9.17, 15) is 9.59 Å². The van der Waals surface area contributed by atoms with E-state index in [0.717, 1.165) is 0 Å². The second kappa shape index (κ2) is 11.9. The van der Waals surface area contributed by atoms with Crippen molar-refractivity contribution < 1.29 is 9.59 Å². The first-order valence-corrected chi connectivity index (χ1v) is 4.96. The Bertz CT molecular complexity index is 269. The molecule has 6 nitrogen and oxygen atoms in total. The van der Waals surface area contributed by atoms with Crippen molar-refractivity contribution in [3.05, 3.63) is 0 Å². The van der Waals surface area contributed by atoms with Crippen molar-refractivity contribution in [3.63, 3.8) is 0 Å². The summed E-state index contributed by atoms with van der Waals surface area (Å²) < 4.78 is 0. The lowest BCUT2D eigenvalue weighted by molar-refractivity contribution is -0.136. The van der Waals surface area contributed by atoms with Crippen molar-refractivity contribution in [2.75, 3.05) is 12.4 Å². The Balaban J connectivity index is -0.000000980. The highest BCUT2D eigenvalue weighted by Gasteiger charge is 2.19. The number of nitrogens with two attached hydrogens (primary N) is 3. The van der Waals surface area contributed by atoms with Gasteiger partial charge in [-0.3, -0.25) is 14.6 Å². The van der Waals surface area contributed by atoms with Gasteiger partial charge in [-0.05, 0) is 12.8 Å². The number of ketones is 2. The molecule has 0 radical (unpaired) electrons. The van der Waals surface area contributed by atoms with E-state index in [1.54, 1.807) is 0 Å². The second-order valence-electron chi connectivity index (χ2n) is 2.98. The predicted octanol–water partition coefficient (Wildman–Crippen LogP) is -0.412. The van der Waals surface area contributed by atoms with Crippen molar-refractivity contribution in [2.45, 2.75) is 18.9 Å². The molecule has 0 saturated carbocycles. The van der Waals surface area contributed by atoms with E-state index >= 15 is 0 Å². The molecule has 0 aliphatic carbocycles. The first-order chi connectivity index (χ1) is 6.99. The second-order valence-corrected chi connectivity index (χ2v) is 3.24. The van der Waals surface area contributed by atoms with Crippen LogP contribution >= 0.6 is 36.4 Å². The number of aliphatic imine (C=N–C) groups is 1. The van der Waals surface area contributed by atoms with E-state index < -0.39 is 17.6 Å². The molecule has 0 aromatic rings. The summed E-state index contributed by atoms with van der Waals surface area (Å²) in [7, 11) is 0. The fraction of sp³-hybridized carbons (Fsp3) is 0.625. The van der Waals surface area contributed by atoms with Crippen molar-refractivity contribution in [1.29, 1.82) is 0 Å². The topological polar surface area (TPSA) is 125 Å². The van der Waals surface area contributed by atoms with Crippen LogP contribution < -0.4 is 17.2 Å². The van der Waals surface area contributed by atoms with Gasteiger partial charge in [0.15, 0.2) is 5.96 Å². The van der Waals surface area contributed by atoms with Crippen LogP contribution in [-0.2, 0) is 9.59 Å². The molecule has 0 fully saturated rings. The lowest BCUT2D eigenvalue weighted by Crippen LogP contribution is -2.36. The highest BCUT2D eigenvalue weighted by atomic mass is 35.5. The summed E-state index contributed by atoms with van der Waals surface area (Å²) in [6, 6.07) is -0.814. The Hall–Kier alpha value is -0.560. The van der Waals surface area contributed by atoms with Crippen molar-refractivity contribution in [1.82, 2.24) is 0 Å². The minimum atomic E-state index is -0.814. The van der Waals surface area contributed by atoms with Gasteiger partial charge in [0, 0.05) is 6.54 Å². The molecule has 0 rings (SSSR count). The Labute approximate surface area is 117 Å². The zero-order chi connectivity index (χ0) is 11.8. The average molecular weight is 308 g/mol. The number of nitrogens with zero attached hydrogens (tertiary/aromatic N) is 1. The molecule has 0 aliphatic heterocycles. The van der Waals surface area contributed by atoms with E-state index in [1.807, 2.05) is 0 Å². The first-order valence-electron chi connectivity index (χ1n) is 4.43. The standard InChI is InChI=1S/C8H15ClN4O2.2ClH/c9-4-6(14)7(15)5(10)2-1-3-13-8(11)12;;/h5H,1-4,10H2,(H4,11,12,13);2*1H/t5-;;/m0../s1. The molecule has 0 aromatic heterocycles. The molecule has 0 amide bonds. The van der Waals surface area contributed by atoms with E-state index in [4.69, 9.17) is 28.8 Å². The summed E-state index contributed by atoms with van der Waals surface area (Å²) in [5, 5.41) is 0. The van der Waals surface area contributed by atoms with E-state index in [-0.39, 0.29) is 36.7 Å². The molecule has 0 unspecified atom stereocenters. The van der Waals surface area contributed by atoms with Gasteiger partial charge in [0.05, 0.1) is 11.9 Å². The molecule has 0 aliphatic rings. The fourth-order valence-corrected chi connectivity index (χ4v) is 1.05. The summed E-state index contributed by atoms with van der Waals surface area (Å²) in [4.78, 5) is 25.7. The van der Waals surface area contributed by atoms with Crippen LogP contribution in [0.3, 0.4) is 0 Å². The van der Waals surface area contributed by atoms with Crippen LogP contribution in [0.15, 0.2) is 4.99 Å². The summed E-state index contributed by atoms with van der Waals surface area (Å²) in [6.45, 7) is 0.387. The maximum atomic E-state index is 11.2. The molecule has 17 heavy (non-hydrogen) atoms. The van der Waals surface area contributed by atoms with Crippen LogP contribution in [0.2, 0.25) is 0 Å². The molecular formula is C8H17Cl3N4O2.